The van der Waals surface area contributed by atoms with Crippen LogP contribution in [0.1, 0.15) is 27.2 Å². The van der Waals surface area contributed by atoms with Crippen molar-refractivity contribution in [1.29, 1.82) is 0 Å². The van der Waals surface area contributed by atoms with Gasteiger partial charge in [0.2, 0.25) is 5.91 Å². The van der Waals surface area contributed by atoms with Crippen molar-refractivity contribution in [2.75, 3.05) is 33.4 Å². The summed E-state index contributed by atoms with van der Waals surface area (Å²) in [7, 11) is 1.57. The number of methoxy groups -OCH3 is 1. The minimum Gasteiger partial charge on any atom is -0.409 e. The van der Waals surface area contributed by atoms with E-state index in [1.165, 1.54) is 0 Å². The maximum absolute atomic E-state index is 12.0. The number of hydrogen-bond acceptors (Lipinski definition) is 5. The lowest BCUT2D eigenvalue weighted by Crippen LogP contribution is -2.40. The van der Waals surface area contributed by atoms with Crippen LogP contribution >= 0.6 is 0 Å². The summed E-state index contributed by atoms with van der Waals surface area (Å²) in [5, 5.41) is 11.4. The van der Waals surface area contributed by atoms with Crippen molar-refractivity contribution >= 4 is 11.7 Å². The second-order valence-electron chi connectivity index (χ2n) is 5.12. The monoisotopic (exact) mass is 275 g/mol. The third-order valence-corrected chi connectivity index (χ3v) is 2.31. The van der Waals surface area contributed by atoms with Crippen LogP contribution in [0.25, 0.3) is 0 Å². The van der Waals surface area contributed by atoms with Crippen LogP contribution in [0.5, 0.6) is 0 Å². The lowest BCUT2D eigenvalue weighted by molar-refractivity contribution is -0.141. The molecule has 19 heavy (non-hydrogen) atoms. The van der Waals surface area contributed by atoms with Crippen LogP contribution < -0.4 is 5.73 Å². The Morgan fingerprint density at radius 3 is 2.47 bits per heavy atom. The molecule has 0 heterocycles. The van der Waals surface area contributed by atoms with Crippen molar-refractivity contribution in [2.45, 2.75) is 32.8 Å². The highest BCUT2D eigenvalue weighted by atomic mass is 16.5. The second-order valence-corrected chi connectivity index (χ2v) is 5.12. The highest BCUT2D eigenvalue weighted by Gasteiger charge is 2.18. The van der Waals surface area contributed by atoms with Gasteiger partial charge in [-0.25, -0.2) is 0 Å². The molecule has 0 unspecified atom stereocenters. The van der Waals surface area contributed by atoms with Crippen LogP contribution in [0.15, 0.2) is 5.16 Å². The summed E-state index contributed by atoms with van der Waals surface area (Å²) in [6.07, 6.45) is 0.307. The Morgan fingerprint density at radius 2 is 2.00 bits per heavy atom. The number of ether oxygens (including phenoxy) is 2. The van der Waals surface area contributed by atoms with Crippen LogP contribution in [0.4, 0.5) is 0 Å². The quantitative estimate of drug-likeness (QED) is 0.289. The van der Waals surface area contributed by atoms with Crippen LogP contribution in [0.3, 0.4) is 0 Å². The molecule has 0 aromatic rings. The highest BCUT2D eigenvalue weighted by Crippen LogP contribution is 2.07. The summed E-state index contributed by atoms with van der Waals surface area (Å²) in [5.41, 5.74) is 5.03. The fourth-order valence-corrected chi connectivity index (χ4v) is 1.23. The Kier molecular flexibility index (Phi) is 8.09. The van der Waals surface area contributed by atoms with Gasteiger partial charge < -0.3 is 25.3 Å². The first-order chi connectivity index (χ1) is 8.80. The SMILES string of the molecule is COCCN(CCC(N)=NO)C(=O)COC(C)(C)C. The molecule has 0 fully saturated rings. The Bertz CT molecular complexity index is 300. The molecule has 0 aromatic heterocycles. The van der Waals surface area contributed by atoms with Crippen LogP contribution in [0.2, 0.25) is 0 Å². The number of amidine groups is 1. The van der Waals surface area contributed by atoms with Gasteiger partial charge in [0.05, 0.1) is 12.2 Å². The van der Waals surface area contributed by atoms with E-state index in [1.807, 2.05) is 20.8 Å². The molecule has 1 amide bonds. The second kappa shape index (κ2) is 8.71. The number of hydrogen-bond donors (Lipinski definition) is 2. The standard InChI is InChI=1S/C12H25N3O4/c1-12(2,3)19-9-11(16)15(7-8-18-4)6-5-10(13)14-17/h17H,5-9H2,1-4H3,(H2,13,14). The fourth-order valence-electron chi connectivity index (χ4n) is 1.23. The molecule has 0 bridgehead atoms. The average molecular weight is 275 g/mol. The molecule has 0 aliphatic heterocycles. The van der Waals surface area contributed by atoms with Gasteiger partial charge in [-0.05, 0) is 20.8 Å². The maximum atomic E-state index is 12.0. The predicted octanol–water partition coefficient (Wildman–Crippen LogP) is 0.413. The van der Waals surface area contributed by atoms with Gasteiger partial charge in [-0.1, -0.05) is 5.16 Å². The summed E-state index contributed by atoms with van der Waals surface area (Å²) >= 11 is 0. The van der Waals surface area contributed by atoms with E-state index in [-0.39, 0.29) is 24.0 Å². The Hall–Kier alpha value is -1.34. The smallest absolute Gasteiger partial charge is 0.248 e. The average Bonchev–Trinajstić information content (AvgIpc) is 2.34. The molecule has 0 rings (SSSR count). The summed E-state index contributed by atoms with van der Waals surface area (Å²) < 4.78 is 10.4. The van der Waals surface area contributed by atoms with Gasteiger partial charge in [-0.2, -0.15) is 0 Å². The lowest BCUT2D eigenvalue weighted by Gasteiger charge is -2.25. The number of nitrogens with two attached hydrogens (primary N) is 1. The zero-order valence-corrected chi connectivity index (χ0v) is 12.2. The minimum atomic E-state index is -0.367. The molecule has 7 nitrogen and oxygen atoms in total. The van der Waals surface area contributed by atoms with Gasteiger partial charge in [-0.3, -0.25) is 4.79 Å². The Labute approximate surface area is 114 Å². The van der Waals surface area contributed by atoms with Crippen molar-refractivity contribution in [1.82, 2.24) is 4.90 Å². The molecule has 0 radical (unpaired) electrons. The summed E-state index contributed by atoms with van der Waals surface area (Å²) in [5.74, 6) is -0.0512. The first kappa shape index (κ1) is 17.7. The first-order valence-corrected chi connectivity index (χ1v) is 6.17. The highest BCUT2D eigenvalue weighted by molar-refractivity contribution is 5.81. The summed E-state index contributed by atoms with van der Waals surface area (Å²) in [6.45, 7) is 6.90. The van der Waals surface area contributed by atoms with Crippen molar-refractivity contribution in [2.24, 2.45) is 10.9 Å². The van der Waals surface area contributed by atoms with Crippen LogP contribution in [-0.2, 0) is 14.3 Å². The van der Waals surface area contributed by atoms with E-state index in [9.17, 15) is 4.79 Å². The van der Waals surface area contributed by atoms with E-state index in [0.717, 1.165) is 0 Å². The molecule has 112 valence electrons. The number of oxime groups is 1. The van der Waals surface area contributed by atoms with Gasteiger partial charge in [0.15, 0.2) is 0 Å². The topological polar surface area (TPSA) is 97.4 Å². The van der Waals surface area contributed by atoms with Gasteiger partial charge in [0.1, 0.15) is 12.4 Å². The molecule has 0 aliphatic carbocycles. The van der Waals surface area contributed by atoms with Gasteiger partial charge >= 0.3 is 0 Å². The fraction of sp³-hybridized carbons (Fsp3) is 0.833. The van der Waals surface area contributed by atoms with Crippen LogP contribution in [0, 0.1) is 0 Å². The molecule has 0 aliphatic rings. The van der Waals surface area contributed by atoms with Crippen molar-refractivity contribution in [3.05, 3.63) is 0 Å². The summed E-state index contributed by atoms with van der Waals surface area (Å²) in [6, 6.07) is 0. The van der Waals surface area contributed by atoms with Crippen molar-refractivity contribution < 1.29 is 19.5 Å². The zero-order chi connectivity index (χ0) is 14.9. The summed E-state index contributed by atoms with van der Waals surface area (Å²) in [4.78, 5) is 13.6. The van der Waals surface area contributed by atoms with Gasteiger partial charge in [0.25, 0.3) is 0 Å². The normalized spacial score (nSPS) is 12.5. The van der Waals surface area contributed by atoms with E-state index in [0.29, 0.717) is 26.1 Å². The van der Waals surface area contributed by atoms with Crippen LogP contribution in [-0.4, -0.2) is 60.9 Å². The number of rotatable bonds is 8. The van der Waals surface area contributed by atoms with Gasteiger partial charge in [0, 0.05) is 26.6 Å². The van der Waals surface area contributed by atoms with E-state index in [4.69, 9.17) is 20.4 Å². The largest absolute Gasteiger partial charge is 0.409 e. The predicted molar refractivity (Wildman–Crippen MR) is 72.2 cm³/mol. The third kappa shape index (κ3) is 9.26. The molecular weight excluding hydrogens is 250 g/mol. The first-order valence-electron chi connectivity index (χ1n) is 6.17. The van der Waals surface area contributed by atoms with E-state index < -0.39 is 0 Å². The van der Waals surface area contributed by atoms with E-state index in [2.05, 4.69) is 5.16 Å². The van der Waals surface area contributed by atoms with E-state index in [1.54, 1.807) is 12.0 Å². The van der Waals surface area contributed by atoms with E-state index >= 15 is 0 Å². The van der Waals surface area contributed by atoms with Crippen molar-refractivity contribution in [3.8, 4) is 0 Å². The number of carbonyl (C=O) groups is 1. The molecule has 0 aromatic carbocycles. The number of carbonyl (C=O) groups excluding carboxylic acids is 1. The molecule has 0 spiro atoms. The molecule has 3 N–H and O–H groups in total. The molecule has 0 saturated carbocycles. The zero-order valence-electron chi connectivity index (χ0n) is 12.2. The molecule has 0 saturated heterocycles. The maximum Gasteiger partial charge on any atom is 0.248 e. The molecular formula is C12H25N3O4. The number of amides is 1. The third-order valence-electron chi connectivity index (χ3n) is 2.31. The lowest BCUT2D eigenvalue weighted by atomic mass is 10.2. The minimum absolute atomic E-state index is 0.00336. The Morgan fingerprint density at radius 1 is 1.37 bits per heavy atom. The number of nitrogens with zero attached hydrogens (tertiary/aromatic N) is 2. The molecule has 7 heteroatoms. The van der Waals surface area contributed by atoms with Crippen molar-refractivity contribution in [3.63, 3.8) is 0 Å². The molecule has 0 atom stereocenters. The Balaban J connectivity index is 4.34. The van der Waals surface area contributed by atoms with Gasteiger partial charge in [-0.15, -0.1) is 0 Å².